The summed E-state index contributed by atoms with van der Waals surface area (Å²) in [6.45, 7) is 1.90. The van der Waals surface area contributed by atoms with Crippen molar-refractivity contribution in [3.8, 4) is 6.07 Å². The molecule has 0 bridgehead atoms. The Hall–Kier alpha value is -0.640. The molecule has 0 aromatic carbocycles. The molecule has 4 nitrogen and oxygen atoms in total. The summed E-state index contributed by atoms with van der Waals surface area (Å²) in [5.74, 6) is 1.76. The lowest BCUT2D eigenvalue weighted by molar-refractivity contribution is 0.587. The van der Waals surface area contributed by atoms with Crippen molar-refractivity contribution in [3.63, 3.8) is 0 Å². The minimum atomic E-state index is -0.00554. The van der Waals surface area contributed by atoms with Crippen molar-refractivity contribution in [1.29, 1.82) is 5.26 Å². The fraction of sp³-hybridized carbons (Fsp3) is 0.700. The number of thioether (sulfide) groups is 1. The van der Waals surface area contributed by atoms with E-state index in [9.17, 15) is 0 Å². The molecule has 1 atom stereocenters. The summed E-state index contributed by atoms with van der Waals surface area (Å²) in [5, 5.41) is 12.3. The van der Waals surface area contributed by atoms with Gasteiger partial charge in [0.25, 0.3) is 0 Å². The van der Waals surface area contributed by atoms with E-state index in [1.165, 1.54) is 24.4 Å². The average molecular weight is 254 g/mol. The van der Waals surface area contributed by atoms with Crippen molar-refractivity contribution in [2.24, 2.45) is 0 Å². The molecule has 1 aliphatic carbocycles. The molecule has 1 fully saturated rings. The zero-order valence-corrected chi connectivity index (χ0v) is 10.8. The Kier molecular flexibility index (Phi) is 4.16. The molecule has 1 unspecified atom stereocenters. The van der Waals surface area contributed by atoms with Gasteiger partial charge in [-0.25, -0.2) is 4.98 Å². The first-order chi connectivity index (χ1) is 7.78. The number of aryl methyl sites for hydroxylation is 1. The van der Waals surface area contributed by atoms with Gasteiger partial charge in [0.15, 0.2) is 4.34 Å². The molecule has 0 saturated heterocycles. The van der Waals surface area contributed by atoms with Crippen molar-refractivity contribution in [3.05, 3.63) is 5.82 Å². The topological polar surface area (TPSA) is 61.6 Å². The Bertz CT molecular complexity index is 380. The molecule has 1 saturated carbocycles. The zero-order valence-electron chi connectivity index (χ0n) is 9.14. The molecule has 0 aliphatic heterocycles. The van der Waals surface area contributed by atoms with Gasteiger partial charge in [-0.2, -0.15) is 9.64 Å². The molecule has 1 aromatic heterocycles. The summed E-state index contributed by atoms with van der Waals surface area (Å²) in [6, 6.07) is 2.90. The van der Waals surface area contributed by atoms with Crippen LogP contribution in [0.5, 0.6) is 0 Å². The van der Waals surface area contributed by atoms with E-state index in [4.69, 9.17) is 5.26 Å². The average Bonchev–Trinajstić information content (AvgIpc) is 3.00. The van der Waals surface area contributed by atoms with Crippen molar-refractivity contribution in [2.45, 2.75) is 42.6 Å². The third-order valence-corrected chi connectivity index (χ3v) is 4.27. The molecule has 0 spiro atoms. The van der Waals surface area contributed by atoms with Gasteiger partial charge in [0.05, 0.1) is 12.1 Å². The van der Waals surface area contributed by atoms with Crippen LogP contribution in [0.2, 0.25) is 0 Å². The predicted octanol–water partition coefficient (Wildman–Crippen LogP) is 1.97. The molecule has 16 heavy (non-hydrogen) atoms. The van der Waals surface area contributed by atoms with Crippen molar-refractivity contribution < 1.29 is 0 Å². The number of hydrogen-bond donors (Lipinski definition) is 1. The summed E-state index contributed by atoms with van der Waals surface area (Å²) < 4.78 is 5.12. The third-order valence-electron chi connectivity index (χ3n) is 2.31. The van der Waals surface area contributed by atoms with Crippen LogP contribution in [0.3, 0.4) is 0 Å². The molecule has 86 valence electrons. The monoisotopic (exact) mass is 254 g/mol. The fourth-order valence-electron chi connectivity index (χ4n) is 1.32. The van der Waals surface area contributed by atoms with Crippen LogP contribution in [0, 0.1) is 18.3 Å². The number of aromatic nitrogens is 2. The van der Waals surface area contributed by atoms with Crippen molar-refractivity contribution in [2.75, 3.05) is 5.75 Å². The molecule has 1 aliphatic rings. The van der Waals surface area contributed by atoms with Crippen molar-refractivity contribution >= 4 is 23.3 Å². The first-order valence-electron chi connectivity index (χ1n) is 5.36. The van der Waals surface area contributed by atoms with E-state index in [2.05, 4.69) is 20.7 Å². The van der Waals surface area contributed by atoms with Gasteiger partial charge in [-0.1, -0.05) is 11.8 Å². The minimum Gasteiger partial charge on any atom is -0.299 e. The Morgan fingerprint density at radius 2 is 2.50 bits per heavy atom. The highest BCUT2D eigenvalue weighted by Crippen LogP contribution is 2.23. The summed E-state index contributed by atoms with van der Waals surface area (Å²) in [4.78, 5) is 4.27. The van der Waals surface area contributed by atoms with Crippen LogP contribution in [0.1, 0.15) is 25.1 Å². The molecule has 1 N–H and O–H groups in total. The second-order valence-electron chi connectivity index (χ2n) is 3.87. The zero-order chi connectivity index (χ0) is 11.4. The lowest BCUT2D eigenvalue weighted by Gasteiger charge is -2.08. The highest BCUT2D eigenvalue weighted by molar-refractivity contribution is 8.00. The first kappa shape index (κ1) is 11.8. The van der Waals surface area contributed by atoms with Crippen LogP contribution in [0.15, 0.2) is 4.34 Å². The van der Waals surface area contributed by atoms with Crippen LogP contribution < -0.4 is 5.32 Å². The lowest BCUT2D eigenvalue weighted by Crippen LogP contribution is -2.29. The van der Waals surface area contributed by atoms with Crippen LogP contribution in [0.25, 0.3) is 0 Å². The van der Waals surface area contributed by atoms with E-state index in [1.807, 2.05) is 6.92 Å². The van der Waals surface area contributed by atoms with E-state index in [0.717, 1.165) is 22.3 Å². The number of hydrogen-bond acceptors (Lipinski definition) is 6. The predicted molar refractivity (Wildman–Crippen MR) is 65.5 cm³/mol. The number of nitrogens with one attached hydrogen (secondary N) is 1. The molecule has 1 aromatic rings. The Balaban J connectivity index is 1.67. The highest BCUT2D eigenvalue weighted by Gasteiger charge is 2.24. The number of nitriles is 1. The fourth-order valence-corrected chi connectivity index (χ4v) is 3.04. The summed E-state index contributed by atoms with van der Waals surface area (Å²) in [5.41, 5.74) is 0. The molecule has 1 heterocycles. The first-order valence-corrected chi connectivity index (χ1v) is 7.12. The van der Waals surface area contributed by atoms with Gasteiger partial charge in [-0.15, -0.1) is 0 Å². The van der Waals surface area contributed by atoms with Gasteiger partial charge in [-0.05, 0) is 37.7 Å². The van der Waals surface area contributed by atoms with Gasteiger partial charge < -0.3 is 0 Å². The molecular weight excluding hydrogens is 240 g/mol. The van der Waals surface area contributed by atoms with E-state index in [-0.39, 0.29) is 6.04 Å². The smallest absolute Gasteiger partial charge is 0.170 e. The lowest BCUT2D eigenvalue weighted by atomic mass is 10.2. The molecule has 0 radical (unpaired) electrons. The van der Waals surface area contributed by atoms with Gasteiger partial charge in [0, 0.05) is 11.8 Å². The molecular formula is C10H14N4S2. The minimum absolute atomic E-state index is 0.00554. The number of nitrogens with zero attached hydrogens (tertiary/aromatic N) is 3. The summed E-state index contributed by atoms with van der Waals surface area (Å²) >= 11 is 3.12. The van der Waals surface area contributed by atoms with Crippen LogP contribution in [0.4, 0.5) is 0 Å². The maximum Gasteiger partial charge on any atom is 0.170 e. The maximum absolute atomic E-state index is 8.96. The summed E-state index contributed by atoms with van der Waals surface area (Å²) in [7, 11) is 0. The standard InChI is InChI=1S/C10H14N4S2/c1-7-12-10(16-14-7)15-5-4-9(6-11)13-8-2-3-8/h8-9,13H,2-5H2,1H3. The van der Waals surface area contributed by atoms with Gasteiger partial charge >= 0.3 is 0 Å². The molecule has 2 rings (SSSR count). The Morgan fingerprint density at radius 1 is 1.69 bits per heavy atom. The van der Waals surface area contributed by atoms with Crippen LogP contribution in [-0.2, 0) is 0 Å². The normalized spacial score (nSPS) is 17.0. The quantitative estimate of drug-likeness (QED) is 0.786. The van der Waals surface area contributed by atoms with E-state index in [0.29, 0.717) is 6.04 Å². The van der Waals surface area contributed by atoms with Crippen LogP contribution in [-0.4, -0.2) is 27.2 Å². The van der Waals surface area contributed by atoms with E-state index in [1.54, 1.807) is 11.8 Å². The van der Waals surface area contributed by atoms with E-state index < -0.39 is 0 Å². The SMILES string of the molecule is Cc1nsc(SCCC(C#N)NC2CC2)n1. The van der Waals surface area contributed by atoms with Gasteiger partial charge in [-0.3, -0.25) is 5.32 Å². The highest BCUT2D eigenvalue weighted by atomic mass is 32.2. The number of rotatable bonds is 6. The third kappa shape index (κ3) is 3.74. The van der Waals surface area contributed by atoms with Gasteiger partial charge in [0.2, 0.25) is 0 Å². The largest absolute Gasteiger partial charge is 0.299 e. The van der Waals surface area contributed by atoms with Gasteiger partial charge in [0.1, 0.15) is 5.82 Å². The molecule has 6 heteroatoms. The Morgan fingerprint density at radius 3 is 3.06 bits per heavy atom. The van der Waals surface area contributed by atoms with E-state index >= 15 is 0 Å². The van der Waals surface area contributed by atoms with Crippen molar-refractivity contribution in [1.82, 2.24) is 14.7 Å². The summed E-state index contributed by atoms with van der Waals surface area (Å²) in [6.07, 6.45) is 3.32. The van der Waals surface area contributed by atoms with Crippen LogP contribution >= 0.6 is 23.3 Å². The molecule has 0 amide bonds. The second kappa shape index (κ2) is 5.62. The Labute approximate surface area is 104 Å². The second-order valence-corrected chi connectivity index (χ2v) is 5.96. The maximum atomic E-state index is 8.96.